The first kappa shape index (κ1) is 13.1. The summed E-state index contributed by atoms with van der Waals surface area (Å²) in [6.45, 7) is 1.87. The van der Waals surface area contributed by atoms with Crippen molar-refractivity contribution in [2.45, 2.75) is 6.92 Å². The monoisotopic (exact) mass is 278 g/mol. The molecule has 0 unspecified atom stereocenters. The molecule has 0 saturated carbocycles. The van der Waals surface area contributed by atoms with Gasteiger partial charge in [-0.1, -0.05) is 30.3 Å². The maximum absolute atomic E-state index is 12.1. The summed E-state index contributed by atoms with van der Waals surface area (Å²) < 4.78 is 5.55. The highest BCUT2D eigenvalue weighted by molar-refractivity contribution is 5.80. The van der Waals surface area contributed by atoms with Gasteiger partial charge in [0.15, 0.2) is 0 Å². The highest BCUT2D eigenvalue weighted by atomic mass is 16.5. The van der Waals surface area contributed by atoms with E-state index in [0.717, 1.165) is 5.56 Å². The molecule has 0 amide bonds. The van der Waals surface area contributed by atoms with Crippen molar-refractivity contribution in [2.24, 2.45) is 0 Å². The van der Waals surface area contributed by atoms with Gasteiger partial charge in [-0.3, -0.25) is 4.79 Å². The second-order valence-electron chi connectivity index (χ2n) is 4.52. The van der Waals surface area contributed by atoms with Crippen LogP contribution in [0.2, 0.25) is 0 Å². The van der Waals surface area contributed by atoms with Gasteiger partial charge >= 0.3 is 0 Å². The summed E-state index contributed by atoms with van der Waals surface area (Å²) >= 11 is 0. The Morgan fingerprint density at radius 3 is 2.71 bits per heavy atom. The number of nitrogens with zero attached hydrogens (tertiary/aromatic N) is 1. The average Bonchev–Trinajstić information content (AvgIpc) is 2.53. The van der Waals surface area contributed by atoms with E-state index in [9.17, 15) is 4.79 Å². The molecule has 21 heavy (non-hydrogen) atoms. The Hall–Kier alpha value is -2.88. The molecule has 2 aromatic carbocycles. The van der Waals surface area contributed by atoms with E-state index in [1.54, 1.807) is 18.4 Å². The van der Waals surface area contributed by atoms with Crippen LogP contribution in [0.4, 0.5) is 0 Å². The molecule has 0 bridgehead atoms. The third-order valence-corrected chi connectivity index (χ3v) is 3.09. The van der Waals surface area contributed by atoms with E-state index in [0.29, 0.717) is 22.5 Å². The van der Waals surface area contributed by atoms with Gasteiger partial charge in [0.05, 0.1) is 22.7 Å². The van der Waals surface area contributed by atoms with Gasteiger partial charge in [0, 0.05) is 0 Å². The molecular weight excluding hydrogens is 264 g/mol. The number of H-pyrrole nitrogens is 1. The third kappa shape index (κ3) is 2.56. The van der Waals surface area contributed by atoms with E-state index >= 15 is 0 Å². The summed E-state index contributed by atoms with van der Waals surface area (Å²) in [5.74, 6) is 1.15. The molecular formula is C17H14N2O2. The molecule has 0 aliphatic carbocycles. The minimum atomic E-state index is -0.156. The third-order valence-electron chi connectivity index (χ3n) is 3.09. The number of benzene rings is 2. The maximum atomic E-state index is 12.1. The summed E-state index contributed by atoms with van der Waals surface area (Å²) in [7, 11) is 0. The van der Waals surface area contributed by atoms with Crippen LogP contribution in [0.1, 0.15) is 6.92 Å². The highest BCUT2D eigenvalue weighted by Crippen LogP contribution is 2.27. The van der Waals surface area contributed by atoms with E-state index in [1.165, 1.54) is 0 Å². The Balaban J connectivity index is 2.19. The van der Waals surface area contributed by atoms with E-state index < -0.39 is 0 Å². The predicted molar refractivity (Wildman–Crippen MR) is 83.2 cm³/mol. The van der Waals surface area contributed by atoms with Gasteiger partial charge in [-0.05, 0) is 31.2 Å². The lowest BCUT2D eigenvalue weighted by Crippen LogP contribution is -2.09. The smallest absolute Gasteiger partial charge is 0.259 e. The number of allylic oxidation sites excluding steroid dienone is 1. The Bertz CT molecular complexity index is 866. The highest BCUT2D eigenvalue weighted by Gasteiger charge is 2.09. The summed E-state index contributed by atoms with van der Waals surface area (Å²) in [5, 5.41) is 0.577. The molecule has 0 saturated heterocycles. The molecule has 0 atom stereocenters. The van der Waals surface area contributed by atoms with Gasteiger partial charge in [-0.2, -0.15) is 0 Å². The molecule has 0 fully saturated rings. The topological polar surface area (TPSA) is 55.0 Å². The van der Waals surface area contributed by atoms with Crippen LogP contribution in [-0.2, 0) is 0 Å². The molecule has 3 rings (SSSR count). The number of hydrogen-bond acceptors (Lipinski definition) is 3. The lowest BCUT2D eigenvalue weighted by molar-refractivity contribution is 0.482. The molecule has 0 aliphatic rings. The molecule has 0 radical (unpaired) electrons. The van der Waals surface area contributed by atoms with Gasteiger partial charge in [-0.15, -0.1) is 0 Å². The van der Waals surface area contributed by atoms with Crippen LogP contribution in [0.5, 0.6) is 5.75 Å². The fraction of sp³-hybridized carbons (Fsp3) is 0.0588. The summed E-state index contributed by atoms with van der Waals surface area (Å²) in [6.07, 6.45) is 3.39. The first-order chi connectivity index (χ1) is 10.3. The summed E-state index contributed by atoms with van der Waals surface area (Å²) in [4.78, 5) is 19.5. The molecule has 3 aromatic rings. The van der Waals surface area contributed by atoms with Crippen molar-refractivity contribution in [3.63, 3.8) is 0 Å². The van der Waals surface area contributed by atoms with Crippen molar-refractivity contribution in [2.75, 3.05) is 0 Å². The van der Waals surface area contributed by atoms with Gasteiger partial charge in [0.1, 0.15) is 11.6 Å². The fourth-order valence-corrected chi connectivity index (χ4v) is 2.12. The standard InChI is InChI=1S/C17H14N2O2/c1-2-11-21-15-10-6-4-8-13(15)16-18-14-9-5-3-7-12(14)17(20)19-16/h2-11H,1H3,(H,18,19,20). The van der Waals surface area contributed by atoms with Crippen molar-refractivity contribution >= 4 is 10.9 Å². The Morgan fingerprint density at radius 2 is 1.86 bits per heavy atom. The summed E-state index contributed by atoms with van der Waals surface area (Å²) in [5.41, 5.74) is 1.26. The molecule has 1 heterocycles. The van der Waals surface area contributed by atoms with Gasteiger partial charge in [0.25, 0.3) is 5.56 Å². The van der Waals surface area contributed by atoms with Crippen molar-refractivity contribution in [3.05, 3.63) is 71.2 Å². The SMILES string of the molecule is CC=COc1ccccc1-c1nc2ccccc2c(=O)[nH]1. The Kier molecular flexibility index (Phi) is 3.51. The second-order valence-corrected chi connectivity index (χ2v) is 4.52. The number of fused-ring (bicyclic) bond motifs is 1. The first-order valence-electron chi connectivity index (χ1n) is 6.66. The number of aromatic nitrogens is 2. The second kappa shape index (κ2) is 5.63. The number of ether oxygens (including phenoxy) is 1. The lowest BCUT2D eigenvalue weighted by atomic mass is 10.1. The fourth-order valence-electron chi connectivity index (χ4n) is 2.12. The number of nitrogens with one attached hydrogen (secondary N) is 1. The number of para-hydroxylation sites is 2. The van der Waals surface area contributed by atoms with Gasteiger partial charge in [0.2, 0.25) is 0 Å². The normalized spacial score (nSPS) is 11.1. The molecule has 4 heteroatoms. The molecule has 0 aliphatic heterocycles. The minimum Gasteiger partial charge on any atom is -0.465 e. The van der Waals surface area contributed by atoms with E-state index in [4.69, 9.17) is 4.74 Å². The van der Waals surface area contributed by atoms with E-state index in [1.807, 2.05) is 49.4 Å². The van der Waals surface area contributed by atoms with Crippen LogP contribution in [0.15, 0.2) is 65.7 Å². The average molecular weight is 278 g/mol. The van der Waals surface area contributed by atoms with E-state index in [2.05, 4.69) is 9.97 Å². The first-order valence-corrected chi connectivity index (χ1v) is 6.66. The quantitative estimate of drug-likeness (QED) is 0.746. The van der Waals surface area contributed by atoms with Crippen LogP contribution in [0.3, 0.4) is 0 Å². The lowest BCUT2D eigenvalue weighted by Gasteiger charge is -2.08. The van der Waals surface area contributed by atoms with Gasteiger partial charge < -0.3 is 9.72 Å². The van der Waals surface area contributed by atoms with Crippen LogP contribution in [0, 0.1) is 0 Å². The molecule has 104 valence electrons. The summed E-state index contributed by atoms with van der Waals surface area (Å²) in [6, 6.07) is 14.7. The van der Waals surface area contributed by atoms with Crippen LogP contribution in [0.25, 0.3) is 22.3 Å². The minimum absolute atomic E-state index is 0.156. The number of hydrogen-bond donors (Lipinski definition) is 1. The Labute approximate surface area is 121 Å². The van der Waals surface area contributed by atoms with Gasteiger partial charge in [-0.25, -0.2) is 4.98 Å². The zero-order chi connectivity index (χ0) is 14.7. The molecule has 0 spiro atoms. The zero-order valence-corrected chi connectivity index (χ0v) is 11.5. The van der Waals surface area contributed by atoms with Crippen LogP contribution in [-0.4, -0.2) is 9.97 Å². The maximum Gasteiger partial charge on any atom is 0.259 e. The predicted octanol–water partition coefficient (Wildman–Crippen LogP) is 3.50. The Morgan fingerprint density at radius 1 is 1.10 bits per heavy atom. The van der Waals surface area contributed by atoms with Crippen molar-refractivity contribution in [1.29, 1.82) is 0 Å². The van der Waals surface area contributed by atoms with Crippen molar-refractivity contribution < 1.29 is 4.74 Å². The molecule has 1 aromatic heterocycles. The van der Waals surface area contributed by atoms with Crippen molar-refractivity contribution in [1.82, 2.24) is 9.97 Å². The number of rotatable bonds is 3. The number of aromatic amines is 1. The van der Waals surface area contributed by atoms with Crippen LogP contribution < -0.4 is 10.3 Å². The van der Waals surface area contributed by atoms with Crippen LogP contribution >= 0.6 is 0 Å². The zero-order valence-electron chi connectivity index (χ0n) is 11.5. The largest absolute Gasteiger partial charge is 0.465 e. The molecule has 1 N–H and O–H groups in total. The van der Waals surface area contributed by atoms with Crippen molar-refractivity contribution in [3.8, 4) is 17.1 Å². The molecule has 4 nitrogen and oxygen atoms in total. The van der Waals surface area contributed by atoms with E-state index in [-0.39, 0.29) is 5.56 Å².